The molecule has 3 aromatic rings. The van der Waals surface area contributed by atoms with Crippen molar-refractivity contribution in [2.24, 2.45) is 0 Å². The van der Waals surface area contributed by atoms with Crippen molar-refractivity contribution in [2.75, 3.05) is 6.54 Å². The van der Waals surface area contributed by atoms with E-state index in [-0.39, 0.29) is 23.9 Å². The fraction of sp³-hybridized carbons (Fsp3) is 0.368. The topological polar surface area (TPSA) is 99.7 Å². The van der Waals surface area contributed by atoms with E-state index in [1.54, 1.807) is 6.92 Å². The van der Waals surface area contributed by atoms with Gasteiger partial charge in [0.2, 0.25) is 5.91 Å². The molecule has 0 aliphatic carbocycles. The lowest BCUT2D eigenvalue weighted by molar-refractivity contribution is -0.134. The first kappa shape index (κ1) is 17.3. The molecule has 0 bridgehead atoms. The Morgan fingerprint density at radius 2 is 1.96 bits per heavy atom. The summed E-state index contributed by atoms with van der Waals surface area (Å²) in [5, 5.41) is 9.77. The molecule has 27 heavy (non-hydrogen) atoms. The number of hydrogen-bond donors (Lipinski definition) is 2. The van der Waals surface area contributed by atoms with Gasteiger partial charge in [0.25, 0.3) is 5.56 Å². The zero-order chi connectivity index (χ0) is 19.0. The molecule has 0 saturated heterocycles. The van der Waals surface area contributed by atoms with Gasteiger partial charge in [0.05, 0.1) is 19.0 Å². The summed E-state index contributed by atoms with van der Waals surface area (Å²) in [6.07, 6.45) is 0.732. The van der Waals surface area contributed by atoms with Gasteiger partial charge < -0.3 is 10.00 Å². The molecule has 0 unspecified atom stereocenters. The number of hydrogen-bond acceptors (Lipinski definition) is 4. The maximum absolute atomic E-state index is 13.1. The van der Waals surface area contributed by atoms with Gasteiger partial charge in [0.15, 0.2) is 0 Å². The molecular weight excluding hydrogens is 344 g/mol. The van der Waals surface area contributed by atoms with Gasteiger partial charge in [-0.3, -0.25) is 14.7 Å². The number of nitrogens with zero attached hydrogens (tertiary/aromatic N) is 4. The SMILES string of the molecule is Cc1nc2n(n1)CCN(C(=O)Cc1c(C)[nH][nH]c1=O)[C@H]2Cc1ccccc1. The van der Waals surface area contributed by atoms with Crippen LogP contribution in [-0.2, 0) is 24.2 Å². The minimum atomic E-state index is -0.239. The average Bonchev–Trinajstić information content (AvgIpc) is 3.19. The molecule has 0 radical (unpaired) electrons. The second-order valence-electron chi connectivity index (χ2n) is 6.89. The van der Waals surface area contributed by atoms with Crippen molar-refractivity contribution < 1.29 is 4.79 Å². The molecule has 0 fully saturated rings. The molecule has 1 aliphatic rings. The lowest BCUT2D eigenvalue weighted by atomic mass is 10.0. The van der Waals surface area contributed by atoms with Crippen LogP contribution in [0.25, 0.3) is 0 Å². The highest BCUT2D eigenvalue weighted by molar-refractivity contribution is 5.79. The van der Waals surface area contributed by atoms with Crippen LogP contribution in [0.1, 0.15) is 34.5 Å². The van der Waals surface area contributed by atoms with Crippen LogP contribution in [0.2, 0.25) is 0 Å². The molecule has 1 atom stereocenters. The summed E-state index contributed by atoms with van der Waals surface area (Å²) in [5.74, 6) is 1.43. The van der Waals surface area contributed by atoms with Gasteiger partial charge in [-0.25, -0.2) is 9.67 Å². The van der Waals surface area contributed by atoms with Gasteiger partial charge in [-0.2, -0.15) is 5.10 Å². The smallest absolute Gasteiger partial charge is 0.267 e. The molecule has 1 amide bonds. The van der Waals surface area contributed by atoms with E-state index in [0.717, 1.165) is 11.4 Å². The fourth-order valence-electron chi connectivity index (χ4n) is 3.66. The zero-order valence-corrected chi connectivity index (χ0v) is 15.4. The Morgan fingerprint density at radius 3 is 2.67 bits per heavy atom. The molecule has 3 heterocycles. The number of carbonyl (C=O) groups is 1. The number of aromatic nitrogens is 5. The second kappa shape index (κ2) is 6.86. The zero-order valence-electron chi connectivity index (χ0n) is 15.4. The van der Waals surface area contributed by atoms with Crippen molar-refractivity contribution in [3.05, 3.63) is 69.2 Å². The number of H-pyrrole nitrogens is 2. The summed E-state index contributed by atoms with van der Waals surface area (Å²) < 4.78 is 1.89. The molecule has 2 N–H and O–H groups in total. The highest BCUT2D eigenvalue weighted by Gasteiger charge is 2.34. The molecule has 4 rings (SSSR count). The van der Waals surface area contributed by atoms with Gasteiger partial charge in [-0.15, -0.1) is 0 Å². The van der Waals surface area contributed by atoms with Crippen LogP contribution in [0.5, 0.6) is 0 Å². The van der Waals surface area contributed by atoms with E-state index in [4.69, 9.17) is 0 Å². The van der Waals surface area contributed by atoms with Crippen LogP contribution >= 0.6 is 0 Å². The summed E-state index contributed by atoms with van der Waals surface area (Å²) >= 11 is 0. The van der Waals surface area contributed by atoms with Crippen LogP contribution in [0.4, 0.5) is 0 Å². The standard InChI is InChI=1S/C19H22N6O2/c1-12-15(19(27)22-21-12)11-17(26)24-8-9-25-18(20-13(2)23-25)16(24)10-14-6-4-3-5-7-14/h3-7,16H,8-11H2,1-2H3,(H2,21,22,27)/t16-/m0/s1. The highest BCUT2D eigenvalue weighted by atomic mass is 16.2. The lowest BCUT2D eigenvalue weighted by Gasteiger charge is -2.35. The first-order valence-electron chi connectivity index (χ1n) is 9.04. The van der Waals surface area contributed by atoms with Crippen LogP contribution < -0.4 is 5.56 Å². The molecule has 0 saturated carbocycles. The van der Waals surface area contributed by atoms with Gasteiger partial charge in [-0.1, -0.05) is 30.3 Å². The Labute approximate surface area is 156 Å². The van der Waals surface area contributed by atoms with Crippen LogP contribution in [-0.4, -0.2) is 42.3 Å². The maximum atomic E-state index is 13.1. The Kier molecular flexibility index (Phi) is 4.39. The van der Waals surface area contributed by atoms with Crippen LogP contribution in [0.15, 0.2) is 35.1 Å². The first-order chi connectivity index (χ1) is 13.0. The summed E-state index contributed by atoms with van der Waals surface area (Å²) in [4.78, 5) is 31.5. The van der Waals surface area contributed by atoms with Crippen molar-refractivity contribution in [1.29, 1.82) is 0 Å². The molecular formula is C19H22N6O2. The number of carbonyl (C=O) groups excluding carboxylic acids is 1. The molecule has 140 valence electrons. The Bertz CT molecular complexity index is 1020. The summed E-state index contributed by atoms with van der Waals surface area (Å²) in [5.41, 5.74) is 2.08. The molecule has 1 aliphatic heterocycles. The first-order valence-corrected chi connectivity index (χ1v) is 9.04. The maximum Gasteiger partial charge on any atom is 0.267 e. The molecule has 0 spiro atoms. The van der Waals surface area contributed by atoms with E-state index < -0.39 is 0 Å². The fourth-order valence-corrected chi connectivity index (χ4v) is 3.66. The van der Waals surface area contributed by atoms with Gasteiger partial charge in [0.1, 0.15) is 11.6 Å². The van der Waals surface area contributed by atoms with Crippen molar-refractivity contribution in [2.45, 2.75) is 39.3 Å². The molecule has 1 aromatic carbocycles. The normalized spacial score (nSPS) is 16.4. The average molecular weight is 366 g/mol. The van der Waals surface area contributed by atoms with E-state index in [9.17, 15) is 9.59 Å². The number of aryl methyl sites for hydroxylation is 2. The van der Waals surface area contributed by atoms with Crippen molar-refractivity contribution in [3.8, 4) is 0 Å². The molecule has 8 heteroatoms. The quantitative estimate of drug-likeness (QED) is 0.726. The van der Waals surface area contributed by atoms with E-state index in [0.29, 0.717) is 36.6 Å². The van der Waals surface area contributed by atoms with Gasteiger partial charge in [-0.05, 0) is 19.4 Å². The monoisotopic (exact) mass is 366 g/mol. The Morgan fingerprint density at radius 1 is 1.19 bits per heavy atom. The van der Waals surface area contributed by atoms with E-state index in [1.807, 2.05) is 46.8 Å². The summed E-state index contributed by atoms with van der Waals surface area (Å²) in [6.45, 7) is 4.81. The number of amides is 1. The van der Waals surface area contributed by atoms with E-state index in [1.165, 1.54) is 0 Å². The predicted octanol–water partition coefficient (Wildman–Crippen LogP) is 1.28. The third-order valence-electron chi connectivity index (χ3n) is 5.04. The minimum Gasteiger partial charge on any atom is -0.330 e. The number of rotatable bonds is 4. The van der Waals surface area contributed by atoms with Crippen molar-refractivity contribution in [3.63, 3.8) is 0 Å². The minimum absolute atomic E-state index is 0.0725. The second-order valence-corrected chi connectivity index (χ2v) is 6.89. The Hall–Kier alpha value is -3.16. The number of fused-ring (bicyclic) bond motifs is 1. The third kappa shape index (κ3) is 3.30. The summed E-state index contributed by atoms with van der Waals surface area (Å²) in [6, 6.07) is 9.85. The number of benzene rings is 1. The van der Waals surface area contributed by atoms with E-state index >= 15 is 0 Å². The van der Waals surface area contributed by atoms with Crippen LogP contribution in [0, 0.1) is 13.8 Å². The molecule has 8 nitrogen and oxygen atoms in total. The van der Waals surface area contributed by atoms with Gasteiger partial charge >= 0.3 is 0 Å². The highest BCUT2D eigenvalue weighted by Crippen LogP contribution is 2.28. The van der Waals surface area contributed by atoms with Crippen LogP contribution in [0.3, 0.4) is 0 Å². The van der Waals surface area contributed by atoms with Crippen molar-refractivity contribution >= 4 is 5.91 Å². The number of nitrogens with one attached hydrogen (secondary N) is 2. The predicted molar refractivity (Wildman–Crippen MR) is 99.2 cm³/mol. The third-order valence-corrected chi connectivity index (χ3v) is 5.04. The largest absolute Gasteiger partial charge is 0.330 e. The van der Waals surface area contributed by atoms with Gasteiger partial charge in [0, 0.05) is 24.2 Å². The van der Waals surface area contributed by atoms with Crippen molar-refractivity contribution in [1.82, 2.24) is 29.9 Å². The summed E-state index contributed by atoms with van der Waals surface area (Å²) in [7, 11) is 0. The Balaban J connectivity index is 1.65. The lowest BCUT2D eigenvalue weighted by Crippen LogP contribution is -2.44. The number of aromatic amines is 2. The molecule has 2 aromatic heterocycles. The van der Waals surface area contributed by atoms with E-state index in [2.05, 4.69) is 20.3 Å².